The van der Waals surface area contributed by atoms with Gasteiger partial charge in [-0.1, -0.05) is 12.1 Å². The van der Waals surface area contributed by atoms with Gasteiger partial charge in [-0.15, -0.1) is 12.4 Å². The Hall–Kier alpha value is -0.740. The molecule has 0 atom stereocenters. The molecular formula is C7H8BrClN2O. The van der Waals surface area contributed by atoms with Crippen LogP contribution in [0.1, 0.15) is 0 Å². The van der Waals surface area contributed by atoms with Crippen LogP contribution in [0.2, 0.25) is 0 Å². The number of carbonyl (C=O) groups excluding carboxylic acids is 1. The van der Waals surface area contributed by atoms with Crippen LogP contribution in [0.3, 0.4) is 0 Å². The second-order valence-corrected chi connectivity index (χ2v) is 2.82. The van der Waals surface area contributed by atoms with Crippen molar-refractivity contribution in [2.45, 2.75) is 0 Å². The lowest BCUT2D eigenvalue weighted by molar-refractivity contribution is 0.259. The summed E-state index contributed by atoms with van der Waals surface area (Å²) in [5.41, 5.74) is 5.60. The zero-order valence-electron chi connectivity index (χ0n) is 6.08. The summed E-state index contributed by atoms with van der Waals surface area (Å²) in [5, 5.41) is 2.47. The van der Waals surface area contributed by atoms with Crippen molar-refractivity contribution in [1.82, 2.24) is 0 Å². The first kappa shape index (κ1) is 11.3. The smallest absolute Gasteiger partial charge is 0.316 e. The van der Waals surface area contributed by atoms with Gasteiger partial charge in [-0.3, -0.25) is 0 Å². The molecule has 0 aliphatic carbocycles. The molecule has 5 heteroatoms. The lowest BCUT2D eigenvalue weighted by Gasteiger charge is -2.02. The van der Waals surface area contributed by atoms with Crippen molar-refractivity contribution in [2.24, 2.45) is 5.73 Å². The molecule has 0 aliphatic rings. The maximum Gasteiger partial charge on any atom is 0.316 e. The Bertz CT molecular complexity index is 280. The van der Waals surface area contributed by atoms with Crippen LogP contribution in [-0.4, -0.2) is 6.03 Å². The Morgan fingerprint density at radius 3 is 2.50 bits per heavy atom. The molecule has 0 spiro atoms. The van der Waals surface area contributed by atoms with Crippen molar-refractivity contribution in [3.8, 4) is 0 Å². The molecule has 0 radical (unpaired) electrons. The molecule has 0 aliphatic heterocycles. The van der Waals surface area contributed by atoms with E-state index in [2.05, 4.69) is 21.2 Å². The van der Waals surface area contributed by atoms with Crippen LogP contribution in [-0.2, 0) is 0 Å². The highest BCUT2D eigenvalue weighted by molar-refractivity contribution is 9.10. The molecule has 0 unspecified atom stereocenters. The highest BCUT2D eigenvalue weighted by atomic mass is 79.9. The molecule has 2 amide bonds. The number of nitrogens with two attached hydrogens (primary N) is 1. The number of nitrogens with one attached hydrogen (secondary N) is 1. The molecule has 3 N–H and O–H groups in total. The molecular weight excluding hydrogens is 243 g/mol. The highest BCUT2D eigenvalue weighted by Crippen LogP contribution is 2.20. The van der Waals surface area contributed by atoms with E-state index in [1.54, 1.807) is 6.07 Å². The second kappa shape index (κ2) is 5.00. The SMILES string of the molecule is Cl.NC(=O)Nc1ccccc1Br. The second-order valence-electron chi connectivity index (χ2n) is 1.97. The van der Waals surface area contributed by atoms with Gasteiger partial charge in [-0.05, 0) is 28.1 Å². The number of halogens is 2. The molecule has 0 heterocycles. The molecule has 1 aromatic carbocycles. The quantitative estimate of drug-likeness (QED) is 0.791. The lowest BCUT2D eigenvalue weighted by Crippen LogP contribution is -2.19. The third-order valence-corrected chi connectivity index (χ3v) is 1.82. The molecule has 12 heavy (non-hydrogen) atoms. The molecule has 0 saturated carbocycles. The summed E-state index contributed by atoms with van der Waals surface area (Å²) in [5.74, 6) is 0. The number of anilines is 1. The fraction of sp³-hybridized carbons (Fsp3) is 0. The van der Waals surface area contributed by atoms with E-state index in [0.29, 0.717) is 5.69 Å². The van der Waals surface area contributed by atoms with Crippen molar-refractivity contribution < 1.29 is 4.79 Å². The summed E-state index contributed by atoms with van der Waals surface area (Å²) < 4.78 is 0.818. The third-order valence-electron chi connectivity index (χ3n) is 1.13. The van der Waals surface area contributed by atoms with Crippen molar-refractivity contribution in [2.75, 3.05) is 5.32 Å². The Morgan fingerprint density at radius 2 is 2.00 bits per heavy atom. The van der Waals surface area contributed by atoms with Gasteiger partial charge in [0.15, 0.2) is 0 Å². The zero-order valence-corrected chi connectivity index (χ0v) is 8.48. The minimum atomic E-state index is -0.558. The van der Waals surface area contributed by atoms with E-state index in [4.69, 9.17) is 5.73 Å². The van der Waals surface area contributed by atoms with E-state index < -0.39 is 6.03 Å². The fourth-order valence-corrected chi connectivity index (χ4v) is 1.08. The van der Waals surface area contributed by atoms with Gasteiger partial charge < -0.3 is 11.1 Å². The van der Waals surface area contributed by atoms with Crippen LogP contribution in [0.15, 0.2) is 28.7 Å². The Morgan fingerprint density at radius 1 is 1.42 bits per heavy atom. The Labute approximate surface area is 84.9 Å². The third kappa shape index (κ3) is 3.11. The van der Waals surface area contributed by atoms with E-state index in [-0.39, 0.29) is 12.4 Å². The number of primary amides is 1. The zero-order chi connectivity index (χ0) is 8.27. The topological polar surface area (TPSA) is 55.1 Å². The molecule has 1 aromatic rings. The van der Waals surface area contributed by atoms with Crippen LogP contribution >= 0.6 is 28.3 Å². The minimum absolute atomic E-state index is 0. The van der Waals surface area contributed by atoms with Crippen molar-refractivity contribution in [3.63, 3.8) is 0 Å². The first-order valence-electron chi connectivity index (χ1n) is 3.01. The van der Waals surface area contributed by atoms with Gasteiger partial charge >= 0.3 is 6.03 Å². The van der Waals surface area contributed by atoms with Gasteiger partial charge in [0.1, 0.15) is 0 Å². The van der Waals surface area contributed by atoms with E-state index in [1.807, 2.05) is 18.2 Å². The summed E-state index contributed by atoms with van der Waals surface area (Å²) in [7, 11) is 0. The first-order valence-corrected chi connectivity index (χ1v) is 3.80. The largest absolute Gasteiger partial charge is 0.351 e. The summed E-state index contributed by atoms with van der Waals surface area (Å²) in [6, 6.07) is 6.70. The molecule has 3 nitrogen and oxygen atoms in total. The summed E-state index contributed by atoms with van der Waals surface area (Å²) in [6.07, 6.45) is 0. The van der Waals surface area contributed by atoms with Crippen molar-refractivity contribution in [3.05, 3.63) is 28.7 Å². The van der Waals surface area contributed by atoms with Crippen LogP contribution < -0.4 is 11.1 Å². The predicted octanol–water partition coefficient (Wildman–Crippen LogP) is 2.36. The van der Waals surface area contributed by atoms with E-state index in [9.17, 15) is 4.79 Å². The van der Waals surface area contributed by atoms with E-state index in [1.165, 1.54) is 0 Å². The summed E-state index contributed by atoms with van der Waals surface area (Å²) >= 11 is 3.25. The molecule has 0 bridgehead atoms. The maximum atomic E-state index is 10.4. The van der Waals surface area contributed by atoms with Crippen molar-refractivity contribution in [1.29, 1.82) is 0 Å². The first-order chi connectivity index (χ1) is 5.20. The number of amides is 2. The van der Waals surface area contributed by atoms with Gasteiger partial charge in [-0.2, -0.15) is 0 Å². The number of urea groups is 1. The van der Waals surface area contributed by atoms with Gasteiger partial charge in [-0.25, -0.2) is 4.79 Å². The fourth-order valence-electron chi connectivity index (χ4n) is 0.695. The van der Waals surface area contributed by atoms with Crippen LogP contribution in [0.25, 0.3) is 0 Å². The number of hydrogen-bond donors (Lipinski definition) is 2. The normalized spacial score (nSPS) is 8.42. The predicted molar refractivity (Wildman–Crippen MR) is 54.6 cm³/mol. The van der Waals surface area contributed by atoms with Gasteiger partial charge in [0.25, 0.3) is 0 Å². The van der Waals surface area contributed by atoms with Gasteiger partial charge in [0, 0.05) is 4.47 Å². The number of para-hydroxylation sites is 1. The van der Waals surface area contributed by atoms with Crippen LogP contribution in [0, 0.1) is 0 Å². The standard InChI is InChI=1S/C7H7BrN2O.ClH/c8-5-3-1-2-4-6(5)10-7(9)11;/h1-4H,(H3,9,10,11);1H. The average molecular weight is 252 g/mol. The highest BCUT2D eigenvalue weighted by Gasteiger charge is 1.98. The summed E-state index contributed by atoms with van der Waals surface area (Å²) in [6.45, 7) is 0. The maximum absolute atomic E-state index is 10.4. The average Bonchev–Trinajstić information content (AvgIpc) is 1.93. The minimum Gasteiger partial charge on any atom is -0.351 e. The number of benzene rings is 1. The Kier molecular flexibility index (Phi) is 4.70. The molecule has 1 rings (SSSR count). The number of carbonyl (C=O) groups is 1. The van der Waals surface area contributed by atoms with E-state index in [0.717, 1.165) is 4.47 Å². The number of rotatable bonds is 1. The van der Waals surface area contributed by atoms with Gasteiger partial charge in [0.05, 0.1) is 5.69 Å². The van der Waals surface area contributed by atoms with Crippen molar-refractivity contribution >= 4 is 40.1 Å². The van der Waals surface area contributed by atoms with Crippen LogP contribution in [0.5, 0.6) is 0 Å². The number of hydrogen-bond acceptors (Lipinski definition) is 1. The van der Waals surface area contributed by atoms with E-state index >= 15 is 0 Å². The van der Waals surface area contributed by atoms with Crippen LogP contribution in [0.4, 0.5) is 10.5 Å². The lowest BCUT2D eigenvalue weighted by atomic mass is 10.3. The van der Waals surface area contributed by atoms with Gasteiger partial charge in [0.2, 0.25) is 0 Å². The monoisotopic (exact) mass is 250 g/mol. The molecule has 66 valence electrons. The molecule has 0 aromatic heterocycles. The Balaban J connectivity index is 0.00000121. The molecule has 0 saturated heterocycles. The summed E-state index contributed by atoms with van der Waals surface area (Å²) in [4.78, 5) is 10.4. The molecule has 0 fully saturated rings.